The van der Waals surface area contributed by atoms with Crippen LogP contribution in [0.15, 0.2) is 13.2 Å². The molecule has 0 fully saturated rings. The fraction of sp³-hybridized carbons (Fsp3) is 0.400. The molecule has 0 aromatic heterocycles. The fourth-order valence-electron chi connectivity index (χ4n) is 0. The summed E-state index contributed by atoms with van der Waals surface area (Å²) in [5.41, 5.74) is 0. The Balaban J connectivity index is -0.00000000990. The normalized spacial score (nSPS) is 4.29. The summed E-state index contributed by atoms with van der Waals surface area (Å²) in [5, 5.41) is 0. The average Bonchev–Trinajstić information content (AvgIpc) is 1.41. The number of rotatable bonds is 0. The molecule has 0 aromatic rings. The van der Waals surface area contributed by atoms with Crippen molar-refractivity contribution in [1.82, 2.24) is 0 Å². The van der Waals surface area contributed by atoms with Crippen LogP contribution >= 0.6 is 0 Å². The monoisotopic (exact) mass is 112 g/mol. The number of hydrogen-bond acceptors (Lipinski definition) is 1. The van der Waals surface area contributed by atoms with Crippen LogP contribution in [0.5, 0.6) is 0 Å². The zero-order chi connectivity index (χ0) is 5.58. The van der Waals surface area contributed by atoms with Gasteiger partial charge in [-0.25, -0.2) is 0 Å². The third kappa shape index (κ3) is 3470. The summed E-state index contributed by atoms with van der Waals surface area (Å²) in [4.78, 5) is 9.44. The van der Waals surface area contributed by atoms with Crippen LogP contribution in [0, 0.1) is 0 Å². The predicted octanol–water partition coefficient (Wildman–Crippen LogP) is 1.24. The van der Waals surface area contributed by atoms with Crippen molar-refractivity contribution < 1.29 is 7.65 Å². The van der Waals surface area contributed by atoms with E-state index in [-0.39, 0.29) is 31.7 Å². The largest absolute Gasteiger partial charge is 2.00 e. The Morgan fingerprint density at radius 1 is 1.43 bits per heavy atom. The smallest absolute Gasteiger partial charge is 1.00 e. The second-order valence-electron chi connectivity index (χ2n) is 0.908. The van der Waals surface area contributed by atoms with E-state index >= 15 is 0 Å². The van der Waals surface area contributed by atoms with E-state index < -0.39 is 0 Å². The van der Waals surface area contributed by atoms with Crippen molar-refractivity contribution in [2.24, 2.45) is 0 Å². The van der Waals surface area contributed by atoms with Gasteiger partial charge in [-0.05, 0) is 13.8 Å². The summed E-state index contributed by atoms with van der Waals surface area (Å²) in [7, 11) is 0. The first-order valence-corrected chi connectivity index (χ1v) is 1.70. The molecule has 0 spiro atoms. The van der Waals surface area contributed by atoms with Crippen molar-refractivity contribution in [3.05, 3.63) is 13.2 Å². The molecule has 0 saturated carbocycles. The molecule has 0 N–H and O–H groups in total. The van der Waals surface area contributed by atoms with E-state index in [2.05, 4.69) is 13.2 Å². The first kappa shape index (κ1) is 15.7. The summed E-state index contributed by atoms with van der Waals surface area (Å²) in [5.74, 6) is 0.167. The molecular formula is C5H12MgO. The molecule has 0 bridgehead atoms. The quantitative estimate of drug-likeness (QED) is 0.340. The van der Waals surface area contributed by atoms with Gasteiger partial charge in [-0.3, -0.25) is 0 Å². The molecule has 0 aromatic carbocycles. The van der Waals surface area contributed by atoms with Crippen LogP contribution < -0.4 is 0 Å². The van der Waals surface area contributed by atoms with E-state index in [1.165, 1.54) is 13.8 Å². The SMILES string of the molecule is C=C.CC(C)=O.[H-].[H-].[Mg+2]. The van der Waals surface area contributed by atoms with Crippen LogP contribution in [-0.4, -0.2) is 28.8 Å². The number of carbonyl (C=O) groups excluding carboxylic acids is 1. The van der Waals surface area contributed by atoms with Gasteiger partial charge in [0.05, 0.1) is 0 Å². The number of hydrogen-bond donors (Lipinski definition) is 0. The number of ketones is 1. The molecule has 0 radical (unpaired) electrons. The Morgan fingerprint density at radius 2 is 1.43 bits per heavy atom. The molecule has 1 nitrogen and oxygen atoms in total. The first-order chi connectivity index (χ1) is 2.73. The van der Waals surface area contributed by atoms with E-state index in [4.69, 9.17) is 0 Å². The molecule has 0 atom stereocenters. The molecule has 7 heavy (non-hydrogen) atoms. The van der Waals surface area contributed by atoms with Crippen molar-refractivity contribution in [2.75, 3.05) is 0 Å². The Morgan fingerprint density at radius 3 is 1.43 bits per heavy atom. The Kier molecular flexibility index (Phi) is 36.8. The van der Waals surface area contributed by atoms with Gasteiger partial charge in [-0.2, -0.15) is 0 Å². The summed E-state index contributed by atoms with van der Waals surface area (Å²) >= 11 is 0. The van der Waals surface area contributed by atoms with Crippen molar-refractivity contribution in [3.8, 4) is 0 Å². The van der Waals surface area contributed by atoms with E-state index in [1.54, 1.807) is 0 Å². The summed E-state index contributed by atoms with van der Waals surface area (Å²) in [6.45, 7) is 9.06. The van der Waals surface area contributed by atoms with Crippen molar-refractivity contribution in [2.45, 2.75) is 13.8 Å². The van der Waals surface area contributed by atoms with Crippen LogP contribution in [0.4, 0.5) is 0 Å². The van der Waals surface area contributed by atoms with Gasteiger partial charge in [0.1, 0.15) is 5.78 Å². The van der Waals surface area contributed by atoms with Crippen LogP contribution in [0.25, 0.3) is 0 Å². The van der Waals surface area contributed by atoms with Crippen LogP contribution in [0.2, 0.25) is 0 Å². The molecule has 0 saturated heterocycles. The Labute approximate surface area is 63.9 Å². The van der Waals surface area contributed by atoms with Crippen LogP contribution in [-0.2, 0) is 4.79 Å². The van der Waals surface area contributed by atoms with Gasteiger partial charge in [0.2, 0.25) is 0 Å². The van der Waals surface area contributed by atoms with Gasteiger partial charge in [-0.1, -0.05) is 0 Å². The third-order valence-corrected chi connectivity index (χ3v) is 0. The van der Waals surface area contributed by atoms with Crippen LogP contribution in [0.1, 0.15) is 16.7 Å². The van der Waals surface area contributed by atoms with Gasteiger partial charge in [0, 0.05) is 0 Å². The molecule has 40 valence electrons. The third-order valence-electron chi connectivity index (χ3n) is 0. The number of carbonyl (C=O) groups is 1. The maximum absolute atomic E-state index is 9.44. The second-order valence-corrected chi connectivity index (χ2v) is 0.908. The van der Waals surface area contributed by atoms with Gasteiger partial charge in [-0.15, -0.1) is 13.2 Å². The topological polar surface area (TPSA) is 17.1 Å². The minimum atomic E-state index is 0. The van der Waals surface area contributed by atoms with Gasteiger partial charge in [0.25, 0.3) is 0 Å². The van der Waals surface area contributed by atoms with Gasteiger partial charge < -0.3 is 7.65 Å². The molecular weight excluding hydrogens is 100 g/mol. The van der Waals surface area contributed by atoms with Crippen LogP contribution in [0.3, 0.4) is 0 Å². The van der Waals surface area contributed by atoms with Crippen molar-refractivity contribution >= 4 is 28.8 Å². The maximum atomic E-state index is 9.44. The van der Waals surface area contributed by atoms with Crippen molar-refractivity contribution in [1.29, 1.82) is 0 Å². The summed E-state index contributed by atoms with van der Waals surface area (Å²) < 4.78 is 0. The van der Waals surface area contributed by atoms with E-state index in [1.807, 2.05) is 0 Å². The molecule has 0 rings (SSSR count). The van der Waals surface area contributed by atoms with E-state index in [9.17, 15) is 4.79 Å². The Hall–Kier alpha value is 0.176. The van der Waals surface area contributed by atoms with Gasteiger partial charge in [0.15, 0.2) is 0 Å². The Bertz CT molecular complexity index is 46.2. The zero-order valence-electron chi connectivity index (χ0n) is 7.03. The minimum absolute atomic E-state index is 0. The standard InChI is InChI=1S/C3H6O.C2H4.Mg.2H/c1-3(2)4;1-2;;;/h1-2H3;1-2H2;;;/q;;+2;2*-1. The minimum Gasteiger partial charge on any atom is -1.00 e. The number of Topliss-reactive ketones (excluding diaryl/α,β-unsaturated/α-hetero) is 1. The second kappa shape index (κ2) is 16.4. The first-order valence-electron chi connectivity index (χ1n) is 1.70. The maximum Gasteiger partial charge on any atom is 2.00 e. The molecule has 0 aliphatic heterocycles. The molecule has 0 heterocycles. The molecule has 0 amide bonds. The zero-order valence-corrected chi connectivity index (χ0v) is 6.44. The average molecular weight is 112 g/mol. The molecule has 0 aliphatic carbocycles. The molecule has 2 heteroatoms. The van der Waals surface area contributed by atoms with E-state index in [0.29, 0.717) is 0 Å². The summed E-state index contributed by atoms with van der Waals surface area (Å²) in [6, 6.07) is 0. The predicted molar refractivity (Wildman–Crippen MR) is 35.6 cm³/mol. The summed E-state index contributed by atoms with van der Waals surface area (Å²) in [6.07, 6.45) is 0. The molecule has 0 aliphatic rings. The van der Waals surface area contributed by atoms with Gasteiger partial charge >= 0.3 is 23.1 Å². The molecule has 0 unspecified atom stereocenters. The fourth-order valence-corrected chi connectivity index (χ4v) is 0. The van der Waals surface area contributed by atoms with Crippen molar-refractivity contribution in [3.63, 3.8) is 0 Å². The van der Waals surface area contributed by atoms with E-state index in [0.717, 1.165) is 0 Å².